The number of aromatic nitrogens is 4. The Morgan fingerprint density at radius 2 is 1.91 bits per heavy atom. The summed E-state index contributed by atoms with van der Waals surface area (Å²) in [5, 5.41) is 13.2. The highest BCUT2D eigenvalue weighted by molar-refractivity contribution is 5.48. The molecule has 2 aromatic rings. The molecule has 1 fully saturated rings. The van der Waals surface area contributed by atoms with Crippen molar-refractivity contribution in [2.75, 3.05) is 18.0 Å². The lowest BCUT2D eigenvalue weighted by Gasteiger charge is -2.40. The third-order valence-corrected chi connectivity index (χ3v) is 3.73. The number of alkyl halides is 3. The van der Waals surface area contributed by atoms with E-state index in [-0.39, 0.29) is 6.04 Å². The predicted octanol–water partition coefficient (Wildman–Crippen LogP) is 2.24. The van der Waals surface area contributed by atoms with Gasteiger partial charge in [-0.15, -0.1) is 0 Å². The van der Waals surface area contributed by atoms with Crippen LogP contribution in [0.4, 0.5) is 19.0 Å². The molecule has 3 heterocycles. The minimum atomic E-state index is -4.58. The van der Waals surface area contributed by atoms with Gasteiger partial charge in [-0.05, 0) is 26.0 Å². The fourth-order valence-corrected chi connectivity index (χ4v) is 2.62. The van der Waals surface area contributed by atoms with Crippen molar-refractivity contribution in [2.24, 2.45) is 0 Å². The molecule has 3 rings (SSSR count). The van der Waals surface area contributed by atoms with Crippen molar-refractivity contribution in [3.63, 3.8) is 0 Å². The highest BCUT2D eigenvalue weighted by Crippen LogP contribution is 2.33. The molecule has 0 atom stereocenters. The quantitative estimate of drug-likeness (QED) is 0.848. The zero-order valence-corrected chi connectivity index (χ0v) is 12.5. The maximum atomic E-state index is 12.8. The van der Waals surface area contributed by atoms with Gasteiger partial charge in [-0.1, -0.05) is 0 Å². The topological polar surface area (TPSA) is 70.6 Å². The molecule has 0 saturated carbocycles. The van der Waals surface area contributed by atoms with Crippen LogP contribution in [-0.4, -0.2) is 32.8 Å². The average Bonchev–Trinajstić information content (AvgIpc) is 2.74. The average molecular weight is 322 g/mol. The number of nitrogens with zero attached hydrogens (tertiary/aromatic N) is 6. The third-order valence-electron chi connectivity index (χ3n) is 3.73. The lowest BCUT2D eigenvalue weighted by atomic mass is 10.1. The van der Waals surface area contributed by atoms with Gasteiger partial charge in [0, 0.05) is 13.1 Å². The summed E-state index contributed by atoms with van der Waals surface area (Å²) in [5.41, 5.74) is -1.62. The first-order chi connectivity index (χ1) is 10.8. The van der Waals surface area contributed by atoms with Crippen LogP contribution in [0.25, 0.3) is 0 Å². The van der Waals surface area contributed by atoms with Crippen LogP contribution >= 0.6 is 0 Å². The molecular formula is C14H13F3N6. The molecule has 1 aliphatic heterocycles. The first-order valence-electron chi connectivity index (χ1n) is 6.92. The first-order valence-corrected chi connectivity index (χ1v) is 6.92. The van der Waals surface area contributed by atoms with Gasteiger partial charge < -0.3 is 4.90 Å². The zero-order valence-electron chi connectivity index (χ0n) is 12.5. The highest BCUT2D eigenvalue weighted by atomic mass is 19.4. The van der Waals surface area contributed by atoms with Crippen LogP contribution in [-0.2, 0) is 6.18 Å². The smallest absolute Gasteiger partial charge is 0.352 e. The van der Waals surface area contributed by atoms with Gasteiger partial charge in [0.05, 0.1) is 11.6 Å². The van der Waals surface area contributed by atoms with Crippen LogP contribution < -0.4 is 4.90 Å². The van der Waals surface area contributed by atoms with E-state index in [1.165, 1.54) is 12.1 Å². The maximum Gasteiger partial charge on any atom is 0.419 e. The summed E-state index contributed by atoms with van der Waals surface area (Å²) in [6.45, 7) is 4.78. The second-order valence-corrected chi connectivity index (χ2v) is 5.38. The van der Waals surface area contributed by atoms with Crippen LogP contribution in [0, 0.1) is 25.2 Å². The van der Waals surface area contributed by atoms with Crippen molar-refractivity contribution in [3.05, 3.63) is 35.0 Å². The number of rotatable bonds is 2. The van der Waals surface area contributed by atoms with Crippen molar-refractivity contribution in [3.8, 4) is 6.07 Å². The summed E-state index contributed by atoms with van der Waals surface area (Å²) >= 11 is 0. The number of hydrogen-bond donors (Lipinski definition) is 0. The summed E-state index contributed by atoms with van der Waals surface area (Å²) in [5.74, 6) is 1.84. The van der Waals surface area contributed by atoms with E-state index in [0.29, 0.717) is 24.7 Å². The Kier molecular flexibility index (Phi) is 3.47. The van der Waals surface area contributed by atoms with E-state index in [1.54, 1.807) is 11.6 Å². The molecule has 120 valence electrons. The summed E-state index contributed by atoms with van der Waals surface area (Å²) in [6, 6.07) is 3.81. The summed E-state index contributed by atoms with van der Waals surface area (Å²) < 4.78 is 40.1. The molecule has 23 heavy (non-hydrogen) atoms. The Balaban J connectivity index is 1.78. The maximum absolute atomic E-state index is 12.8. The Morgan fingerprint density at radius 1 is 1.22 bits per heavy atom. The van der Waals surface area contributed by atoms with Crippen LogP contribution in [0.2, 0.25) is 0 Å². The molecule has 0 amide bonds. The lowest BCUT2D eigenvalue weighted by Crippen LogP contribution is -2.49. The predicted molar refractivity (Wildman–Crippen MR) is 74.7 cm³/mol. The highest BCUT2D eigenvalue weighted by Gasteiger charge is 2.36. The van der Waals surface area contributed by atoms with Crippen LogP contribution in [0.1, 0.15) is 28.9 Å². The number of anilines is 1. The van der Waals surface area contributed by atoms with E-state index in [9.17, 15) is 13.2 Å². The van der Waals surface area contributed by atoms with E-state index < -0.39 is 17.4 Å². The fourth-order valence-electron chi connectivity index (χ4n) is 2.62. The second kappa shape index (κ2) is 5.22. The van der Waals surface area contributed by atoms with Gasteiger partial charge in [0.15, 0.2) is 5.69 Å². The van der Waals surface area contributed by atoms with Gasteiger partial charge in [-0.25, -0.2) is 14.6 Å². The van der Waals surface area contributed by atoms with Gasteiger partial charge in [0.25, 0.3) is 0 Å². The van der Waals surface area contributed by atoms with Gasteiger partial charge in [0.2, 0.25) is 0 Å². The summed E-state index contributed by atoms with van der Waals surface area (Å²) in [4.78, 5) is 9.87. The number of halogens is 3. The fraction of sp³-hybridized carbons (Fsp3) is 0.429. The van der Waals surface area contributed by atoms with Crippen molar-refractivity contribution in [1.82, 2.24) is 19.7 Å². The van der Waals surface area contributed by atoms with E-state index >= 15 is 0 Å². The molecule has 6 nitrogen and oxygen atoms in total. The Morgan fingerprint density at radius 3 is 2.43 bits per heavy atom. The second-order valence-electron chi connectivity index (χ2n) is 5.38. The summed E-state index contributed by atoms with van der Waals surface area (Å²) in [7, 11) is 0. The molecule has 1 aliphatic rings. The molecule has 2 aromatic heterocycles. The number of aryl methyl sites for hydroxylation is 2. The number of pyridine rings is 1. The molecule has 0 aromatic carbocycles. The van der Waals surface area contributed by atoms with Crippen molar-refractivity contribution >= 4 is 5.82 Å². The number of hydrogen-bond acceptors (Lipinski definition) is 5. The molecule has 0 N–H and O–H groups in total. The van der Waals surface area contributed by atoms with E-state index in [1.807, 2.05) is 11.8 Å². The normalized spacial score (nSPS) is 15.4. The molecule has 0 spiro atoms. The van der Waals surface area contributed by atoms with Gasteiger partial charge >= 0.3 is 6.18 Å². The van der Waals surface area contributed by atoms with E-state index in [4.69, 9.17) is 5.26 Å². The zero-order chi connectivity index (χ0) is 16.8. The molecular weight excluding hydrogens is 309 g/mol. The minimum absolute atomic E-state index is 0.103. The van der Waals surface area contributed by atoms with Crippen LogP contribution in [0.15, 0.2) is 12.1 Å². The minimum Gasteiger partial charge on any atom is -0.352 e. The largest absolute Gasteiger partial charge is 0.419 e. The summed E-state index contributed by atoms with van der Waals surface area (Å²) in [6.07, 6.45) is -4.58. The van der Waals surface area contributed by atoms with E-state index in [2.05, 4.69) is 15.1 Å². The van der Waals surface area contributed by atoms with Crippen molar-refractivity contribution in [1.29, 1.82) is 5.26 Å². The third kappa shape index (κ3) is 2.72. The Labute approximate surface area is 130 Å². The molecule has 0 aliphatic carbocycles. The number of nitriles is 1. The van der Waals surface area contributed by atoms with Gasteiger partial charge in [-0.3, -0.25) is 0 Å². The Bertz CT molecular complexity index is 783. The van der Waals surface area contributed by atoms with Gasteiger partial charge in [-0.2, -0.15) is 23.5 Å². The standard InChI is InChI=1S/C14H13F3N6/c1-8-19-9(2)23(21-8)10-6-22(7-10)13-4-3-11(14(15,16)17)12(5-18)20-13/h3-4,10H,6-7H2,1-2H3. The van der Waals surface area contributed by atoms with Crippen LogP contribution in [0.5, 0.6) is 0 Å². The molecule has 1 saturated heterocycles. The monoisotopic (exact) mass is 322 g/mol. The molecule has 9 heteroatoms. The van der Waals surface area contributed by atoms with Gasteiger partial charge in [0.1, 0.15) is 23.5 Å². The lowest BCUT2D eigenvalue weighted by molar-refractivity contribution is -0.138. The van der Waals surface area contributed by atoms with Crippen molar-refractivity contribution in [2.45, 2.75) is 26.1 Å². The van der Waals surface area contributed by atoms with Crippen molar-refractivity contribution < 1.29 is 13.2 Å². The van der Waals surface area contributed by atoms with Crippen LogP contribution in [0.3, 0.4) is 0 Å². The SMILES string of the molecule is Cc1nc(C)n(C2CN(c3ccc(C(F)(F)F)c(C#N)n3)C2)n1. The molecule has 0 radical (unpaired) electrons. The molecule has 0 bridgehead atoms. The Hall–Kier alpha value is -2.63. The van der Waals surface area contributed by atoms with E-state index in [0.717, 1.165) is 11.9 Å². The first kappa shape index (κ1) is 15.3. The molecule has 0 unspecified atom stereocenters.